The van der Waals surface area contributed by atoms with E-state index in [1.165, 1.54) is 24.0 Å². The summed E-state index contributed by atoms with van der Waals surface area (Å²) in [6.45, 7) is 7.37. The van der Waals surface area contributed by atoms with Crippen molar-refractivity contribution in [3.05, 3.63) is 51.7 Å². The number of hydrogen-bond donors (Lipinski definition) is 0. The third-order valence-corrected chi connectivity index (χ3v) is 7.41. The Morgan fingerprint density at radius 2 is 2.23 bits per heavy atom. The highest BCUT2D eigenvalue weighted by molar-refractivity contribution is 7.98. The van der Waals surface area contributed by atoms with Crippen molar-refractivity contribution in [3.8, 4) is 0 Å². The quantitative estimate of drug-likeness (QED) is 0.405. The summed E-state index contributed by atoms with van der Waals surface area (Å²) in [7, 11) is 0. The first-order valence-corrected chi connectivity index (χ1v) is 12.5. The van der Waals surface area contributed by atoms with Gasteiger partial charge in [0.25, 0.3) is 0 Å². The van der Waals surface area contributed by atoms with Crippen LogP contribution in [0.3, 0.4) is 0 Å². The number of carbonyl (C=O) groups excluding carboxylic acids is 1. The fourth-order valence-corrected chi connectivity index (χ4v) is 5.76. The smallest absolute Gasteiger partial charge is 0.230 e. The molecule has 1 aliphatic heterocycles. The number of carbonyl (C=O) groups is 1. The van der Waals surface area contributed by atoms with Gasteiger partial charge in [-0.25, -0.2) is 9.97 Å². The van der Waals surface area contributed by atoms with Crippen LogP contribution in [0.2, 0.25) is 5.02 Å². The molecule has 1 unspecified atom stereocenters. The zero-order valence-corrected chi connectivity index (χ0v) is 20.2. The number of rotatable bonds is 7. The van der Waals surface area contributed by atoms with Crippen LogP contribution in [0.4, 0.5) is 10.8 Å². The average Bonchev–Trinajstić information content (AvgIpc) is 3.45. The molecule has 2 aromatic heterocycles. The zero-order valence-electron chi connectivity index (χ0n) is 17.8. The van der Waals surface area contributed by atoms with Crippen molar-refractivity contribution in [2.45, 2.75) is 57.2 Å². The number of thioether (sulfide) groups is 1. The fourth-order valence-electron chi connectivity index (χ4n) is 3.59. The maximum Gasteiger partial charge on any atom is 0.230 e. The van der Waals surface area contributed by atoms with Crippen LogP contribution < -0.4 is 4.90 Å². The van der Waals surface area contributed by atoms with Crippen molar-refractivity contribution >= 4 is 51.4 Å². The maximum absolute atomic E-state index is 12.3. The summed E-state index contributed by atoms with van der Waals surface area (Å²) in [4.78, 5) is 23.4. The average molecular weight is 477 g/mol. The lowest BCUT2D eigenvalue weighted by Crippen LogP contribution is -2.22. The van der Waals surface area contributed by atoms with Crippen molar-refractivity contribution in [1.29, 1.82) is 0 Å². The summed E-state index contributed by atoms with van der Waals surface area (Å²) in [5, 5.41) is 4.20. The summed E-state index contributed by atoms with van der Waals surface area (Å²) in [6, 6.07) is 7.25. The summed E-state index contributed by atoms with van der Waals surface area (Å²) < 4.78 is 8.09. The molecule has 0 radical (unpaired) electrons. The van der Waals surface area contributed by atoms with Crippen LogP contribution in [-0.4, -0.2) is 33.2 Å². The first kappa shape index (κ1) is 22.3. The molecule has 1 saturated heterocycles. The molecule has 1 fully saturated rings. The van der Waals surface area contributed by atoms with Gasteiger partial charge < -0.3 is 9.30 Å². The van der Waals surface area contributed by atoms with Gasteiger partial charge in [0.15, 0.2) is 10.3 Å². The lowest BCUT2D eigenvalue weighted by Gasteiger charge is -2.18. The fraction of sp³-hybridized carbons (Fsp3) is 0.409. The summed E-state index contributed by atoms with van der Waals surface area (Å²) in [6.07, 6.45) is 2.49. The molecule has 1 aromatic carbocycles. The van der Waals surface area contributed by atoms with Crippen LogP contribution in [0.15, 0.2) is 34.8 Å². The number of hydrogen-bond acceptors (Lipinski definition) is 6. The summed E-state index contributed by atoms with van der Waals surface area (Å²) in [5.74, 6) is 0.577. The van der Waals surface area contributed by atoms with E-state index in [0.717, 1.165) is 42.5 Å². The van der Waals surface area contributed by atoms with Gasteiger partial charge in [0.2, 0.25) is 5.91 Å². The predicted octanol–water partition coefficient (Wildman–Crippen LogP) is 5.77. The van der Waals surface area contributed by atoms with Crippen molar-refractivity contribution in [1.82, 2.24) is 14.5 Å². The molecule has 4 rings (SSSR count). The van der Waals surface area contributed by atoms with Crippen LogP contribution in [-0.2, 0) is 21.8 Å². The third kappa shape index (κ3) is 5.14. The molecule has 1 atom stereocenters. The Morgan fingerprint density at radius 3 is 2.94 bits per heavy atom. The van der Waals surface area contributed by atoms with Crippen LogP contribution in [0.5, 0.6) is 0 Å². The zero-order chi connectivity index (χ0) is 22.0. The number of anilines is 2. The molecule has 1 amide bonds. The molecule has 3 aromatic rings. The maximum atomic E-state index is 12.3. The molecule has 0 bridgehead atoms. The van der Waals surface area contributed by atoms with Crippen molar-refractivity contribution < 1.29 is 9.53 Å². The van der Waals surface area contributed by atoms with Gasteiger partial charge in [-0.05, 0) is 44.9 Å². The molecule has 9 heteroatoms. The van der Waals surface area contributed by atoms with E-state index in [4.69, 9.17) is 26.3 Å². The van der Waals surface area contributed by atoms with Gasteiger partial charge >= 0.3 is 0 Å². The number of ether oxygens (including phenoxy) is 1. The second-order valence-corrected chi connectivity index (χ2v) is 9.77. The lowest BCUT2D eigenvalue weighted by molar-refractivity contribution is -0.115. The number of nitrogens with zero attached hydrogens (tertiary/aromatic N) is 4. The molecule has 0 spiro atoms. The van der Waals surface area contributed by atoms with Gasteiger partial charge in [-0.1, -0.05) is 29.4 Å². The molecule has 3 heterocycles. The number of amides is 1. The standard InChI is InChI=1S/C22H25ClN4O2S2/c1-14-15(2)26(11-20-8-5-9-29-20)21(24-14)30-12-18-13-31-22(25-18)27(16(3)28)19-7-4-6-17(23)10-19/h4,6-7,10,13,20H,5,8-9,11-12H2,1-3H3. The second kappa shape index (κ2) is 9.73. The Morgan fingerprint density at radius 1 is 1.39 bits per heavy atom. The monoisotopic (exact) mass is 476 g/mol. The summed E-state index contributed by atoms with van der Waals surface area (Å²) in [5.41, 5.74) is 3.86. The third-order valence-electron chi connectivity index (χ3n) is 5.29. The number of benzene rings is 1. The SMILES string of the molecule is CC(=O)N(c1cccc(Cl)c1)c1nc(CSc2nc(C)c(C)n2CC2CCCO2)cs1. The molecule has 31 heavy (non-hydrogen) atoms. The van der Waals surface area contributed by atoms with Crippen LogP contribution >= 0.6 is 34.7 Å². The Balaban J connectivity index is 1.49. The van der Waals surface area contributed by atoms with Crippen LogP contribution in [0.1, 0.15) is 36.8 Å². The van der Waals surface area contributed by atoms with Crippen molar-refractivity contribution in [2.75, 3.05) is 11.5 Å². The predicted molar refractivity (Wildman–Crippen MR) is 127 cm³/mol. The normalized spacial score (nSPS) is 16.1. The molecule has 0 saturated carbocycles. The molecule has 0 aliphatic carbocycles. The lowest BCUT2D eigenvalue weighted by atomic mass is 10.2. The highest BCUT2D eigenvalue weighted by atomic mass is 35.5. The largest absolute Gasteiger partial charge is 0.376 e. The number of thiazole rings is 1. The van der Waals surface area contributed by atoms with E-state index in [0.29, 0.717) is 21.6 Å². The van der Waals surface area contributed by atoms with Gasteiger partial charge in [0, 0.05) is 35.4 Å². The number of halogens is 1. The number of imidazole rings is 1. The highest BCUT2D eigenvalue weighted by Crippen LogP contribution is 2.33. The highest BCUT2D eigenvalue weighted by Gasteiger charge is 2.21. The molecular formula is C22H25ClN4O2S2. The molecule has 0 N–H and O–H groups in total. The van der Waals surface area contributed by atoms with Gasteiger partial charge in [-0.15, -0.1) is 11.3 Å². The Hall–Kier alpha value is -1.87. The number of aryl methyl sites for hydroxylation is 1. The Kier molecular flexibility index (Phi) is 7.01. The molecule has 6 nitrogen and oxygen atoms in total. The minimum Gasteiger partial charge on any atom is -0.376 e. The minimum atomic E-state index is -0.103. The second-order valence-electron chi connectivity index (χ2n) is 7.56. The van der Waals surface area contributed by atoms with Gasteiger partial charge in [-0.2, -0.15) is 0 Å². The molecule has 164 valence electrons. The van der Waals surface area contributed by atoms with Crippen molar-refractivity contribution in [2.24, 2.45) is 0 Å². The van der Waals surface area contributed by atoms with E-state index in [2.05, 4.69) is 11.5 Å². The molecule has 1 aliphatic rings. The summed E-state index contributed by atoms with van der Waals surface area (Å²) >= 11 is 9.23. The van der Waals surface area contributed by atoms with Crippen LogP contribution in [0.25, 0.3) is 0 Å². The Bertz CT molecular complexity index is 1080. The first-order chi connectivity index (χ1) is 14.9. The van der Waals surface area contributed by atoms with E-state index < -0.39 is 0 Å². The van der Waals surface area contributed by atoms with Gasteiger partial charge in [0.1, 0.15) is 0 Å². The van der Waals surface area contributed by atoms with E-state index in [1.807, 2.05) is 24.4 Å². The van der Waals surface area contributed by atoms with Gasteiger partial charge in [-0.3, -0.25) is 9.69 Å². The van der Waals surface area contributed by atoms with E-state index in [1.54, 1.807) is 28.8 Å². The van der Waals surface area contributed by atoms with E-state index in [-0.39, 0.29) is 12.0 Å². The van der Waals surface area contributed by atoms with E-state index >= 15 is 0 Å². The Labute approximate surface area is 195 Å². The van der Waals surface area contributed by atoms with Gasteiger partial charge in [0.05, 0.1) is 29.7 Å². The van der Waals surface area contributed by atoms with Crippen LogP contribution in [0, 0.1) is 13.8 Å². The first-order valence-electron chi connectivity index (χ1n) is 10.2. The minimum absolute atomic E-state index is 0.103. The van der Waals surface area contributed by atoms with Crippen molar-refractivity contribution in [3.63, 3.8) is 0 Å². The number of aromatic nitrogens is 3. The topological polar surface area (TPSA) is 60.2 Å². The van der Waals surface area contributed by atoms with E-state index in [9.17, 15) is 4.79 Å². The molecular weight excluding hydrogens is 452 g/mol.